The highest BCUT2D eigenvalue weighted by Crippen LogP contribution is 2.36. The molecular weight excluding hydrogens is 406 g/mol. The molecule has 3 heterocycles. The second kappa shape index (κ2) is 7.87. The first kappa shape index (κ1) is 18.2. The lowest BCUT2D eigenvalue weighted by Crippen LogP contribution is -2.06. The molecule has 0 radical (unpaired) electrons. The number of para-hydroxylation sites is 1. The smallest absolute Gasteiger partial charge is 0.277 e. The second-order valence-electron chi connectivity index (χ2n) is 6.15. The van der Waals surface area contributed by atoms with Gasteiger partial charge in [0, 0.05) is 11.3 Å². The van der Waals surface area contributed by atoms with Gasteiger partial charge < -0.3 is 24.9 Å². The van der Waals surface area contributed by atoms with E-state index in [1.807, 2.05) is 42.5 Å². The number of nitrogens with one attached hydrogen (secondary N) is 1. The molecule has 11 heteroatoms. The molecule has 150 valence electrons. The predicted octanol–water partition coefficient (Wildman–Crippen LogP) is 3.27. The molecule has 0 spiro atoms. The van der Waals surface area contributed by atoms with Crippen molar-refractivity contribution in [3.8, 4) is 23.0 Å². The van der Waals surface area contributed by atoms with Crippen LogP contribution in [0.3, 0.4) is 0 Å². The predicted molar refractivity (Wildman–Crippen MR) is 109 cm³/mol. The fraction of sp³-hybridized carbons (Fsp3) is 0.105. The molecule has 2 aromatic heterocycles. The van der Waals surface area contributed by atoms with Crippen molar-refractivity contribution in [2.24, 2.45) is 0 Å². The Labute approximate surface area is 174 Å². The van der Waals surface area contributed by atoms with Crippen LogP contribution in [0.1, 0.15) is 5.82 Å². The van der Waals surface area contributed by atoms with Crippen molar-refractivity contribution < 1.29 is 13.9 Å². The Balaban J connectivity index is 1.27. The first-order valence-electron chi connectivity index (χ1n) is 8.92. The van der Waals surface area contributed by atoms with Crippen molar-refractivity contribution >= 4 is 29.3 Å². The number of hydrogen-bond donors (Lipinski definition) is 2. The van der Waals surface area contributed by atoms with Crippen molar-refractivity contribution in [2.75, 3.05) is 17.8 Å². The molecule has 5 rings (SSSR count). The van der Waals surface area contributed by atoms with Gasteiger partial charge in [0.15, 0.2) is 11.5 Å². The highest BCUT2D eigenvalue weighted by molar-refractivity contribution is 7.98. The number of fused-ring (bicyclic) bond motifs is 1. The van der Waals surface area contributed by atoms with Gasteiger partial charge in [0.25, 0.3) is 5.22 Å². The largest absolute Gasteiger partial charge is 0.454 e. The number of nitrogens with two attached hydrogens (primary N) is 1. The molecule has 0 atom stereocenters. The van der Waals surface area contributed by atoms with Gasteiger partial charge in [0.05, 0.1) is 5.75 Å². The van der Waals surface area contributed by atoms with E-state index in [1.54, 1.807) is 6.07 Å². The van der Waals surface area contributed by atoms with E-state index in [2.05, 4.69) is 30.5 Å². The van der Waals surface area contributed by atoms with Gasteiger partial charge in [0.1, 0.15) is 5.82 Å². The van der Waals surface area contributed by atoms with Gasteiger partial charge in [-0.05, 0) is 30.3 Å². The van der Waals surface area contributed by atoms with Crippen LogP contribution in [0.25, 0.3) is 11.5 Å². The normalized spacial score (nSPS) is 12.1. The van der Waals surface area contributed by atoms with E-state index in [-0.39, 0.29) is 12.7 Å². The maximum absolute atomic E-state index is 5.82. The summed E-state index contributed by atoms with van der Waals surface area (Å²) in [6.07, 6.45) is 0. The van der Waals surface area contributed by atoms with E-state index in [4.69, 9.17) is 19.6 Å². The summed E-state index contributed by atoms with van der Waals surface area (Å²) in [5.74, 6) is 3.12. The lowest BCUT2D eigenvalue weighted by molar-refractivity contribution is 0.174. The molecule has 0 fully saturated rings. The van der Waals surface area contributed by atoms with E-state index >= 15 is 0 Å². The number of anilines is 3. The van der Waals surface area contributed by atoms with Crippen molar-refractivity contribution in [2.45, 2.75) is 11.0 Å². The minimum absolute atomic E-state index is 0.130. The Hall–Kier alpha value is -3.86. The summed E-state index contributed by atoms with van der Waals surface area (Å²) in [4.78, 5) is 12.7. The number of thioether (sulfide) groups is 1. The average Bonchev–Trinajstić information content (AvgIpc) is 3.41. The van der Waals surface area contributed by atoms with Crippen LogP contribution in [0, 0.1) is 0 Å². The zero-order valence-corrected chi connectivity index (χ0v) is 16.3. The molecule has 0 saturated heterocycles. The molecule has 1 aliphatic rings. The Morgan fingerprint density at radius 2 is 1.83 bits per heavy atom. The van der Waals surface area contributed by atoms with E-state index < -0.39 is 0 Å². The fourth-order valence-electron chi connectivity index (χ4n) is 2.75. The number of benzene rings is 2. The third-order valence-corrected chi connectivity index (χ3v) is 4.89. The number of nitrogens with zero attached hydrogens (tertiary/aromatic N) is 5. The van der Waals surface area contributed by atoms with Crippen molar-refractivity contribution in [3.05, 3.63) is 54.4 Å². The van der Waals surface area contributed by atoms with E-state index in [0.29, 0.717) is 40.1 Å². The average molecular weight is 421 g/mol. The zero-order valence-electron chi connectivity index (χ0n) is 15.5. The van der Waals surface area contributed by atoms with Crippen LogP contribution in [0.4, 0.5) is 17.6 Å². The molecule has 0 saturated carbocycles. The SMILES string of the molecule is Nc1nc(CSc2nnc(-c3ccc4c(c3)OCO4)o2)nc(Nc2ccccc2)n1. The maximum atomic E-state index is 5.82. The second-order valence-corrected chi connectivity index (χ2v) is 7.08. The summed E-state index contributed by atoms with van der Waals surface area (Å²) < 4.78 is 16.4. The van der Waals surface area contributed by atoms with E-state index in [9.17, 15) is 0 Å². The van der Waals surface area contributed by atoms with Crippen LogP contribution in [-0.4, -0.2) is 31.9 Å². The standard InChI is InChI=1S/C19H15N7O3S/c20-17-22-15(23-18(24-17)21-12-4-2-1-3-5-12)9-30-19-26-25-16(29-19)11-6-7-13-14(8-11)28-10-27-13/h1-8H,9-10H2,(H3,20,21,22,23,24). The first-order valence-corrected chi connectivity index (χ1v) is 9.90. The Morgan fingerprint density at radius 3 is 2.73 bits per heavy atom. The third-order valence-electron chi connectivity index (χ3n) is 4.08. The van der Waals surface area contributed by atoms with E-state index in [0.717, 1.165) is 11.3 Å². The zero-order chi connectivity index (χ0) is 20.3. The number of rotatable bonds is 6. The Morgan fingerprint density at radius 1 is 0.967 bits per heavy atom. The number of nitrogen functional groups attached to an aromatic ring is 1. The fourth-order valence-corrected chi connectivity index (χ4v) is 3.37. The van der Waals surface area contributed by atoms with Gasteiger partial charge in [-0.25, -0.2) is 0 Å². The molecule has 0 bridgehead atoms. The van der Waals surface area contributed by atoms with E-state index in [1.165, 1.54) is 11.8 Å². The number of ether oxygens (including phenoxy) is 2. The summed E-state index contributed by atoms with van der Waals surface area (Å²) in [6, 6.07) is 15.0. The van der Waals surface area contributed by atoms with Gasteiger partial charge in [-0.15, -0.1) is 10.2 Å². The Bertz CT molecular complexity index is 1190. The quantitative estimate of drug-likeness (QED) is 0.444. The first-order chi connectivity index (χ1) is 14.7. The Kier molecular flexibility index (Phi) is 4.77. The van der Waals surface area contributed by atoms with Gasteiger partial charge in [-0.1, -0.05) is 30.0 Å². The molecule has 30 heavy (non-hydrogen) atoms. The molecule has 10 nitrogen and oxygen atoms in total. The van der Waals surface area contributed by atoms with Gasteiger partial charge in [-0.2, -0.15) is 15.0 Å². The van der Waals surface area contributed by atoms with Gasteiger partial charge in [0.2, 0.25) is 24.6 Å². The molecule has 1 aliphatic heterocycles. The third kappa shape index (κ3) is 3.96. The highest BCUT2D eigenvalue weighted by Gasteiger charge is 2.17. The van der Waals surface area contributed by atoms with Crippen LogP contribution in [0.5, 0.6) is 11.5 Å². The number of hydrogen-bond acceptors (Lipinski definition) is 11. The van der Waals surface area contributed by atoms with Crippen molar-refractivity contribution in [1.82, 2.24) is 25.1 Å². The maximum Gasteiger partial charge on any atom is 0.277 e. The van der Waals surface area contributed by atoms with Crippen LogP contribution >= 0.6 is 11.8 Å². The summed E-state index contributed by atoms with van der Waals surface area (Å²) >= 11 is 1.31. The van der Waals surface area contributed by atoms with Gasteiger partial charge in [-0.3, -0.25) is 0 Å². The minimum Gasteiger partial charge on any atom is -0.454 e. The minimum atomic E-state index is 0.130. The van der Waals surface area contributed by atoms with Crippen LogP contribution < -0.4 is 20.5 Å². The lowest BCUT2D eigenvalue weighted by atomic mass is 10.2. The molecule has 0 unspecified atom stereocenters. The highest BCUT2D eigenvalue weighted by atomic mass is 32.2. The molecule has 0 amide bonds. The van der Waals surface area contributed by atoms with Crippen LogP contribution in [0.2, 0.25) is 0 Å². The van der Waals surface area contributed by atoms with Crippen molar-refractivity contribution in [1.29, 1.82) is 0 Å². The molecule has 3 N–H and O–H groups in total. The topological polar surface area (TPSA) is 134 Å². The summed E-state index contributed by atoms with van der Waals surface area (Å²) in [5, 5.41) is 11.7. The monoisotopic (exact) mass is 421 g/mol. The summed E-state index contributed by atoms with van der Waals surface area (Å²) in [5.41, 5.74) is 7.42. The molecule has 2 aromatic carbocycles. The van der Waals surface area contributed by atoms with Gasteiger partial charge >= 0.3 is 0 Å². The molecule has 4 aromatic rings. The van der Waals surface area contributed by atoms with Crippen LogP contribution in [0.15, 0.2) is 58.2 Å². The lowest BCUT2D eigenvalue weighted by Gasteiger charge is -2.06. The summed E-state index contributed by atoms with van der Waals surface area (Å²) in [6.45, 7) is 0.208. The summed E-state index contributed by atoms with van der Waals surface area (Å²) in [7, 11) is 0. The van der Waals surface area contributed by atoms with Crippen molar-refractivity contribution in [3.63, 3.8) is 0 Å². The molecular formula is C19H15N7O3S. The molecule has 0 aliphatic carbocycles. The number of aromatic nitrogens is 5. The van der Waals surface area contributed by atoms with Crippen LogP contribution in [-0.2, 0) is 5.75 Å².